The van der Waals surface area contributed by atoms with Gasteiger partial charge in [-0.3, -0.25) is 0 Å². The second-order valence-electron chi connectivity index (χ2n) is 20.1. The maximum Gasteiger partial charge on any atom is 0.335 e. The largest absolute Gasteiger partial charge is 0.485 e. The lowest BCUT2D eigenvalue weighted by molar-refractivity contribution is 0.0685. The third-order valence-corrected chi connectivity index (χ3v) is 15.5. The van der Waals surface area contributed by atoms with E-state index in [4.69, 9.17) is 86.4 Å². The molecule has 0 saturated heterocycles. The topological polar surface area (TPSA) is 238 Å². The lowest BCUT2D eigenvalue weighted by Gasteiger charge is -2.14. The number of ether oxygens (including phenoxy) is 6. The molecule has 0 unspecified atom stereocenters. The summed E-state index contributed by atoms with van der Waals surface area (Å²) in [5.74, 6) is 0.237. The highest BCUT2D eigenvalue weighted by Crippen LogP contribution is 2.35. The first-order chi connectivity index (χ1) is 44.0. The minimum atomic E-state index is -1.07. The molecule has 468 valence electrons. The molecule has 0 aliphatic rings. The van der Waals surface area contributed by atoms with Gasteiger partial charge in [-0.15, -0.1) is 0 Å². The first kappa shape index (κ1) is 66.4. The van der Waals surface area contributed by atoms with Crippen LogP contribution >= 0.6 is 58.0 Å². The Balaban J connectivity index is 0.000000162. The molecule has 17 nitrogen and oxygen atoms in total. The lowest BCUT2D eigenvalue weighted by atomic mass is 10.1. The molecule has 3 aromatic heterocycles. The van der Waals surface area contributed by atoms with Crippen molar-refractivity contribution in [1.29, 1.82) is 0 Å². The van der Waals surface area contributed by atoms with Crippen molar-refractivity contribution in [3.05, 3.63) is 276 Å². The van der Waals surface area contributed by atoms with Crippen LogP contribution in [0.1, 0.15) is 78.1 Å². The molecule has 12 rings (SSSR count). The summed E-state index contributed by atoms with van der Waals surface area (Å²) in [7, 11) is 0. The standard InChI is InChI=1S/C25H20ClNO4.2C22H16Cl2N2O4.CH4/c1-16-6-7-17(12-21(16)26)14-30-24-13-19(25(28)29)9-11-23(24)31-15-20-10-8-18-4-2-3-5-22(18)27-20;23-15-5-3-4-14(21(15)24)11-29-19-10-13(22(27)28)8-9-18(19)30-12-20-25-16-6-1-2-7-17(16)26-20;23-15-6-7-16(24)14(9-15)11-29-20-10-13(22(27)28)5-8-19(20)30-12-21-25-17-3-1-2-4-18(17)26-21;/h2-13H,14-15H2,1H3,(H,28,29);2*1-10H,11-12H2,(H,25,26)(H,27,28);1H4. The summed E-state index contributed by atoms with van der Waals surface area (Å²) >= 11 is 30.7. The van der Waals surface area contributed by atoms with Crippen LogP contribution in [0.2, 0.25) is 25.1 Å². The van der Waals surface area contributed by atoms with Crippen molar-refractivity contribution in [3.63, 3.8) is 0 Å². The van der Waals surface area contributed by atoms with Crippen molar-refractivity contribution in [2.45, 2.75) is 54.0 Å². The van der Waals surface area contributed by atoms with Crippen LogP contribution in [-0.2, 0) is 39.6 Å². The van der Waals surface area contributed by atoms with Gasteiger partial charge in [-0.2, -0.15) is 0 Å². The normalized spacial score (nSPS) is 10.7. The number of aromatic carboxylic acids is 3. The van der Waals surface area contributed by atoms with Gasteiger partial charge in [0.25, 0.3) is 0 Å². The van der Waals surface area contributed by atoms with Gasteiger partial charge in [0.05, 0.1) is 60.0 Å². The van der Waals surface area contributed by atoms with E-state index in [0.29, 0.717) is 70.9 Å². The lowest BCUT2D eigenvalue weighted by Crippen LogP contribution is -2.04. The maximum atomic E-state index is 11.4. The molecule has 0 spiro atoms. The molecule has 0 amide bonds. The number of nitrogens with one attached hydrogen (secondary N) is 2. The Labute approximate surface area is 552 Å². The second kappa shape index (κ2) is 31.1. The number of aryl methyl sites for hydroxylation is 1. The molecule has 92 heavy (non-hydrogen) atoms. The fourth-order valence-electron chi connectivity index (χ4n) is 8.91. The molecule has 3 heterocycles. The molecule has 0 radical (unpaired) electrons. The Hall–Kier alpha value is -10.0. The van der Waals surface area contributed by atoms with Crippen LogP contribution < -0.4 is 28.4 Å². The average Bonchev–Trinajstić information content (AvgIpc) is 1.45. The zero-order chi connectivity index (χ0) is 64.0. The number of benzene rings is 9. The third kappa shape index (κ3) is 17.5. The Bertz CT molecular complexity index is 4410. The second-order valence-corrected chi connectivity index (χ2v) is 22.1. The number of carboxylic acids is 3. The van der Waals surface area contributed by atoms with E-state index < -0.39 is 17.9 Å². The van der Waals surface area contributed by atoms with E-state index >= 15 is 0 Å². The highest BCUT2D eigenvalue weighted by molar-refractivity contribution is 6.42. The average molecular weight is 1340 g/mol. The highest BCUT2D eigenvalue weighted by atomic mass is 35.5. The van der Waals surface area contributed by atoms with Gasteiger partial charge in [0, 0.05) is 31.6 Å². The molecular weight excluding hydrogens is 1280 g/mol. The van der Waals surface area contributed by atoms with Gasteiger partial charge in [0.15, 0.2) is 34.5 Å². The van der Waals surface area contributed by atoms with Gasteiger partial charge in [0.2, 0.25) is 0 Å². The van der Waals surface area contributed by atoms with Crippen molar-refractivity contribution >= 4 is 109 Å². The quantitative estimate of drug-likeness (QED) is 0.0450. The summed E-state index contributed by atoms with van der Waals surface area (Å²) in [4.78, 5) is 54.0. The number of pyridine rings is 1. The van der Waals surface area contributed by atoms with Gasteiger partial charge in [-0.05, 0) is 139 Å². The van der Waals surface area contributed by atoms with E-state index in [2.05, 4.69) is 24.9 Å². The number of aromatic nitrogens is 5. The van der Waals surface area contributed by atoms with E-state index in [0.717, 1.165) is 49.8 Å². The molecule has 0 aliphatic carbocycles. The number of hydrogen-bond acceptors (Lipinski definition) is 12. The Kier molecular flexibility index (Phi) is 22.5. The number of rotatable bonds is 21. The van der Waals surface area contributed by atoms with E-state index in [1.807, 2.05) is 110 Å². The predicted octanol–water partition coefficient (Wildman–Crippen LogP) is 18.1. The molecular formula is C70H56Cl5N5O12. The molecule has 0 atom stereocenters. The van der Waals surface area contributed by atoms with Crippen molar-refractivity contribution < 1.29 is 58.1 Å². The summed E-state index contributed by atoms with van der Waals surface area (Å²) in [5, 5.41) is 31.5. The molecule has 5 N–H and O–H groups in total. The maximum absolute atomic E-state index is 11.4. The molecule has 9 aromatic carbocycles. The van der Waals surface area contributed by atoms with E-state index in [1.165, 1.54) is 36.4 Å². The molecule has 0 saturated carbocycles. The van der Waals surface area contributed by atoms with Crippen LogP contribution in [-0.4, -0.2) is 58.1 Å². The van der Waals surface area contributed by atoms with Gasteiger partial charge in [0.1, 0.15) is 51.3 Å². The molecule has 0 aliphatic heterocycles. The van der Waals surface area contributed by atoms with Crippen LogP contribution in [0.3, 0.4) is 0 Å². The minimum Gasteiger partial charge on any atom is -0.485 e. The molecule has 12 aromatic rings. The van der Waals surface area contributed by atoms with Crippen LogP contribution in [0.15, 0.2) is 194 Å². The Morgan fingerprint density at radius 1 is 0.402 bits per heavy atom. The summed E-state index contributed by atoms with van der Waals surface area (Å²) in [6, 6.07) is 56.4. The van der Waals surface area contributed by atoms with Crippen molar-refractivity contribution in [2.75, 3.05) is 0 Å². The van der Waals surface area contributed by atoms with Crippen LogP contribution in [0.4, 0.5) is 0 Å². The molecule has 0 bridgehead atoms. The summed E-state index contributed by atoms with van der Waals surface area (Å²) < 4.78 is 35.2. The number of carboxylic acid groups (broad SMARTS) is 3. The molecule has 22 heteroatoms. The zero-order valence-corrected chi connectivity index (χ0v) is 51.7. The fourth-order valence-corrected chi connectivity index (χ4v) is 9.86. The SMILES string of the molecule is C.Cc1ccc(COc2cc(C(=O)O)ccc2OCc2ccc3ccccc3n2)cc1Cl.O=C(O)c1ccc(OCc2nc3ccccc3[nH]2)c(OCc2cc(Cl)ccc2Cl)c1.O=C(O)c1ccc(OCc2nc3ccccc3[nH]2)c(OCc2cccc(Cl)c2Cl)c1. The van der Waals surface area contributed by atoms with Crippen LogP contribution in [0.5, 0.6) is 34.5 Å². The number of H-pyrrole nitrogens is 2. The number of imidazole rings is 2. The number of aromatic amines is 2. The number of carbonyl (C=O) groups is 3. The smallest absolute Gasteiger partial charge is 0.335 e. The van der Waals surface area contributed by atoms with Crippen molar-refractivity contribution in [3.8, 4) is 34.5 Å². The summed E-state index contributed by atoms with van der Waals surface area (Å²) in [5.41, 5.74) is 8.62. The molecule has 0 fully saturated rings. The van der Waals surface area contributed by atoms with Gasteiger partial charge in [-0.25, -0.2) is 29.3 Å². The van der Waals surface area contributed by atoms with E-state index in [1.54, 1.807) is 54.6 Å². The number of hydrogen-bond donors (Lipinski definition) is 5. The van der Waals surface area contributed by atoms with E-state index in [9.17, 15) is 29.7 Å². The number of fused-ring (bicyclic) bond motifs is 3. The van der Waals surface area contributed by atoms with Gasteiger partial charge >= 0.3 is 17.9 Å². The predicted molar refractivity (Wildman–Crippen MR) is 356 cm³/mol. The first-order valence-corrected chi connectivity index (χ1v) is 29.6. The van der Waals surface area contributed by atoms with Gasteiger partial charge < -0.3 is 53.7 Å². The fraction of sp³-hybridized carbons (Fsp3) is 0.114. The monoisotopic (exact) mass is 1330 g/mol. The third-order valence-electron chi connectivity index (χ3n) is 13.6. The highest BCUT2D eigenvalue weighted by Gasteiger charge is 2.18. The van der Waals surface area contributed by atoms with Gasteiger partial charge in [-0.1, -0.05) is 138 Å². The van der Waals surface area contributed by atoms with E-state index in [-0.39, 0.29) is 75.3 Å². The summed E-state index contributed by atoms with van der Waals surface area (Å²) in [6.45, 7) is 2.91. The minimum absolute atomic E-state index is 0. The number of para-hydroxylation sites is 5. The number of nitrogens with zero attached hydrogens (tertiary/aromatic N) is 3. The van der Waals surface area contributed by atoms with Crippen LogP contribution in [0.25, 0.3) is 33.0 Å². The first-order valence-electron chi connectivity index (χ1n) is 27.7. The zero-order valence-electron chi connectivity index (χ0n) is 48.0. The van der Waals surface area contributed by atoms with Crippen molar-refractivity contribution in [2.24, 2.45) is 0 Å². The number of halogens is 5. The van der Waals surface area contributed by atoms with Crippen LogP contribution in [0, 0.1) is 6.92 Å². The summed E-state index contributed by atoms with van der Waals surface area (Å²) in [6.07, 6.45) is 0. The Morgan fingerprint density at radius 3 is 1.42 bits per heavy atom. The van der Waals surface area contributed by atoms with Crippen molar-refractivity contribution in [1.82, 2.24) is 24.9 Å². The Morgan fingerprint density at radius 2 is 0.891 bits per heavy atom.